The number of amides is 1. The molecule has 7 N–H and O–H groups in total. The summed E-state index contributed by atoms with van der Waals surface area (Å²) in [5.41, 5.74) is 0.406. The van der Waals surface area contributed by atoms with Gasteiger partial charge >= 0.3 is 187 Å². The summed E-state index contributed by atoms with van der Waals surface area (Å²) in [4.78, 5) is 23.8. The number of phenolic OH excluding ortho intramolecular Hbond substituents is 1. The molecule has 32 heavy (non-hydrogen) atoms. The molecular weight excluding hydrogens is 509 g/mol. The molecule has 2 aromatic carbocycles. The van der Waals surface area contributed by atoms with Crippen molar-refractivity contribution in [3.63, 3.8) is 0 Å². The van der Waals surface area contributed by atoms with Crippen LogP contribution in [0.15, 0.2) is 42.5 Å². The van der Waals surface area contributed by atoms with E-state index in [2.05, 4.69) is 10.0 Å². The van der Waals surface area contributed by atoms with Crippen molar-refractivity contribution in [1.82, 2.24) is 9.03 Å². The summed E-state index contributed by atoms with van der Waals surface area (Å²) in [6.07, 6.45) is -1.09. The Hall–Kier alpha value is -2.35. The first-order valence-electron chi connectivity index (χ1n) is 9.13. The van der Waals surface area contributed by atoms with Crippen LogP contribution in [0.1, 0.15) is 22.8 Å². The molecule has 0 spiro atoms. The van der Waals surface area contributed by atoms with Crippen molar-refractivity contribution < 1.29 is 40.5 Å². The van der Waals surface area contributed by atoms with E-state index in [1.807, 2.05) is 0 Å². The zero-order valence-corrected chi connectivity index (χ0v) is 19.4. The standard InChI is InChI=1S/C18H22AsN3O9S/c1-11(23)20-16-8-14(24)6-7-15(16)19(27,28)31-18(26)13-4-2-12(3-5-13)9-22-10-17(25)21-32(22,29)30/h2-8,17,21,24-25,29-30H,9-10H2,1H3,(H,20,23)(H,27,28). The fourth-order valence-corrected chi connectivity index (χ4v) is 6.58. The molecule has 0 aromatic heterocycles. The van der Waals surface area contributed by atoms with Gasteiger partial charge in [-0.2, -0.15) is 0 Å². The topological polar surface area (TPSA) is 189 Å². The summed E-state index contributed by atoms with van der Waals surface area (Å²) >= 11 is -5.46. The third kappa shape index (κ3) is 5.71. The van der Waals surface area contributed by atoms with Gasteiger partial charge in [-0.15, -0.1) is 0 Å². The van der Waals surface area contributed by atoms with E-state index in [1.165, 1.54) is 35.5 Å². The van der Waals surface area contributed by atoms with Crippen LogP contribution in [0, 0.1) is 0 Å². The molecule has 2 atom stereocenters. The van der Waals surface area contributed by atoms with Crippen LogP contribution in [-0.4, -0.2) is 66.5 Å². The third-order valence-corrected chi connectivity index (χ3v) is 8.93. The van der Waals surface area contributed by atoms with Gasteiger partial charge in [-0.25, -0.2) is 0 Å². The molecular formula is C18H22AsN3O9S. The second kappa shape index (κ2) is 9.25. The van der Waals surface area contributed by atoms with Crippen LogP contribution < -0.4 is 14.4 Å². The zero-order chi connectivity index (χ0) is 23.7. The van der Waals surface area contributed by atoms with Crippen LogP contribution in [0.3, 0.4) is 0 Å². The summed E-state index contributed by atoms with van der Waals surface area (Å²) in [6, 6.07) is 8.95. The Labute approximate surface area is 187 Å². The van der Waals surface area contributed by atoms with Crippen LogP contribution >= 0.6 is 11.0 Å². The van der Waals surface area contributed by atoms with Crippen molar-refractivity contribution in [1.29, 1.82) is 0 Å². The molecule has 1 aliphatic rings. The van der Waals surface area contributed by atoms with Crippen molar-refractivity contribution in [3.05, 3.63) is 53.6 Å². The van der Waals surface area contributed by atoms with E-state index in [9.17, 15) is 36.7 Å². The van der Waals surface area contributed by atoms with E-state index in [-0.39, 0.29) is 34.4 Å². The molecule has 12 nitrogen and oxygen atoms in total. The van der Waals surface area contributed by atoms with Gasteiger partial charge in [0.15, 0.2) is 0 Å². The first kappa shape index (κ1) is 24.3. The molecule has 0 saturated carbocycles. The maximum atomic E-state index is 12.8. The quantitative estimate of drug-likeness (QED) is 0.250. The summed E-state index contributed by atoms with van der Waals surface area (Å²) < 4.78 is 50.9. The number of hydrogen-bond acceptors (Lipinski definition) is 10. The van der Waals surface area contributed by atoms with Gasteiger partial charge in [-0.1, -0.05) is 0 Å². The SMILES string of the molecule is CC(=O)Nc1cc(O)ccc1[As](=O)(O)OC(=O)c1ccc(CN2CC(O)NS2(O)O)cc1. The number of nitrogens with zero attached hydrogens (tertiary/aromatic N) is 1. The van der Waals surface area contributed by atoms with E-state index in [4.69, 9.17) is 3.73 Å². The van der Waals surface area contributed by atoms with E-state index < -0.39 is 43.2 Å². The molecule has 1 heterocycles. The molecule has 1 fully saturated rings. The Morgan fingerprint density at radius 3 is 2.47 bits per heavy atom. The fourth-order valence-electron chi connectivity index (χ4n) is 2.97. The number of aromatic hydroxyl groups is 1. The summed E-state index contributed by atoms with van der Waals surface area (Å²) in [5, 5.41) is 21.4. The van der Waals surface area contributed by atoms with Crippen molar-refractivity contribution >= 4 is 47.0 Å². The van der Waals surface area contributed by atoms with Gasteiger partial charge in [0.05, 0.1) is 0 Å². The van der Waals surface area contributed by atoms with Crippen molar-refractivity contribution in [2.75, 3.05) is 11.9 Å². The summed E-state index contributed by atoms with van der Waals surface area (Å²) in [6.45, 7) is 1.23. The summed E-state index contributed by atoms with van der Waals surface area (Å²) in [5.74, 6) is -1.88. The second-order valence-corrected chi connectivity index (χ2v) is 12.3. The average Bonchev–Trinajstić information content (AvgIpc) is 2.92. The Balaban J connectivity index is 1.73. The zero-order valence-electron chi connectivity index (χ0n) is 16.7. The van der Waals surface area contributed by atoms with Gasteiger partial charge in [-0.05, 0) is 0 Å². The van der Waals surface area contributed by atoms with Crippen LogP contribution in [0.25, 0.3) is 0 Å². The molecule has 1 saturated heterocycles. The number of benzene rings is 2. The van der Waals surface area contributed by atoms with E-state index in [0.717, 1.165) is 18.2 Å². The molecule has 14 heteroatoms. The first-order valence-corrected chi connectivity index (χ1v) is 13.9. The third-order valence-electron chi connectivity index (χ3n) is 4.38. The number of β-amino-alcohol motifs (C(OH)–C–C–N with tert-alkyl or cyclic N) is 1. The number of anilines is 1. The minimum absolute atomic E-state index is 0.00840. The molecule has 0 radical (unpaired) electrons. The molecule has 1 amide bonds. The molecule has 1 aliphatic heterocycles. The van der Waals surface area contributed by atoms with E-state index in [0.29, 0.717) is 5.56 Å². The van der Waals surface area contributed by atoms with Gasteiger partial charge in [0.2, 0.25) is 0 Å². The Bertz CT molecular complexity index is 1080. The van der Waals surface area contributed by atoms with Gasteiger partial charge < -0.3 is 0 Å². The Kier molecular flexibility index (Phi) is 7.03. The number of aliphatic hydroxyl groups excluding tert-OH is 1. The molecule has 3 rings (SSSR count). The second-order valence-electron chi connectivity index (χ2n) is 6.95. The summed E-state index contributed by atoms with van der Waals surface area (Å²) in [7, 11) is -3.31. The van der Waals surface area contributed by atoms with Crippen LogP contribution in [0.2, 0.25) is 0 Å². The molecule has 174 valence electrons. The van der Waals surface area contributed by atoms with Gasteiger partial charge in [0.1, 0.15) is 0 Å². The maximum absolute atomic E-state index is 12.8. The number of phenols is 1. The van der Waals surface area contributed by atoms with Gasteiger partial charge in [0, 0.05) is 0 Å². The van der Waals surface area contributed by atoms with Crippen molar-refractivity contribution in [2.24, 2.45) is 0 Å². The number of nitrogens with one attached hydrogen (secondary N) is 2. The minimum atomic E-state index is -5.46. The molecule has 2 aromatic rings. The fraction of sp³-hybridized carbons (Fsp3) is 0.222. The van der Waals surface area contributed by atoms with E-state index in [1.54, 1.807) is 0 Å². The van der Waals surface area contributed by atoms with Crippen molar-refractivity contribution in [3.8, 4) is 5.75 Å². The van der Waals surface area contributed by atoms with Gasteiger partial charge in [0.25, 0.3) is 0 Å². The van der Waals surface area contributed by atoms with Crippen molar-refractivity contribution in [2.45, 2.75) is 19.7 Å². The van der Waals surface area contributed by atoms with Crippen LogP contribution in [0.4, 0.5) is 5.69 Å². The number of carbonyl (C=O) groups excluding carboxylic acids is 2. The van der Waals surface area contributed by atoms with Gasteiger partial charge in [-0.3, -0.25) is 0 Å². The first-order chi connectivity index (χ1) is 14.9. The predicted molar refractivity (Wildman–Crippen MR) is 115 cm³/mol. The molecule has 0 aliphatic carbocycles. The number of hydrogen-bond donors (Lipinski definition) is 7. The normalized spacial score (nSPS) is 20.8. The number of rotatable bonds is 6. The monoisotopic (exact) mass is 531 g/mol. The predicted octanol–water partition coefficient (Wildman–Crippen LogP) is 0.0805. The van der Waals surface area contributed by atoms with Crippen LogP contribution in [0.5, 0.6) is 5.75 Å². The van der Waals surface area contributed by atoms with E-state index >= 15 is 0 Å². The number of aliphatic hydroxyl groups is 1. The Morgan fingerprint density at radius 1 is 1.25 bits per heavy atom. The molecule has 2 unspecified atom stereocenters. The molecule has 0 bridgehead atoms. The van der Waals surface area contributed by atoms with Crippen LogP contribution in [-0.2, 0) is 18.8 Å². The Morgan fingerprint density at radius 2 is 1.91 bits per heavy atom. The average molecular weight is 531 g/mol. The number of carbonyl (C=O) groups is 2.